The zero-order valence-corrected chi connectivity index (χ0v) is 13.4. The smallest absolute Gasteiger partial charge is 0.256 e. The molecule has 0 unspecified atom stereocenters. The van der Waals surface area contributed by atoms with E-state index in [1.165, 1.54) is 23.5 Å². The Morgan fingerprint density at radius 2 is 1.95 bits per heavy atom. The molecular formula is C15H17N3OS2. The zero-order chi connectivity index (χ0) is 14.7. The summed E-state index contributed by atoms with van der Waals surface area (Å²) in [6.45, 7) is 0. The molecular weight excluding hydrogens is 302 g/mol. The van der Waals surface area contributed by atoms with E-state index in [4.69, 9.17) is 0 Å². The van der Waals surface area contributed by atoms with Gasteiger partial charge in [-0.1, -0.05) is 12.1 Å². The molecule has 21 heavy (non-hydrogen) atoms. The Morgan fingerprint density at radius 3 is 2.57 bits per heavy atom. The number of carbonyl (C=O) groups is 1. The van der Waals surface area contributed by atoms with Crippen molar-refractivity contribution >= 4 is 35.2 Å². The molecule has 1 saturated heterocycles. The lowest BCUT2D eigenvalue weighted by molar-refractivity contribution is 0.102. The normalized spacial score (nSPS) is 15.9. The van der Waals surface area contributed by atoms with Crippen LogP contribution in [0.1, 0.15) is 26.9 Å². The standard InChI is InChI=1S/C15H17N3OS2/c1-18-8-7-13(17-18)16-14(19)11-3-5-12(6-4-11)15-20-9-2-10-21-15/h3-8,15H,2,9-10H2,1H3,(H,16,17,19). The third-order valence-electron chi connectivity index (χ3n) is 3.23. The van der Waals surface area contributed by atoms with Gasteiger partial charge in [-0.2, -0.15) is 5.10 Å². The number of hydrogen-bond acceptors (Lipinski definition) is 4. The quantitative estimate of drug-likeness (QED) is 0.940. The minimum absolute atomic E-state index is 0.121. The lowest BCUT2D eigenvalue weighted by atomic mass is 10.1. The van der Waals surface area contributed by atoms with Crippen LogP contribution >= 0.6 is 23.5 Å². The maximum absolute atomic E-state index is 12.1. The van der Waals surface area contributed by atoms with Crippen molar-refractivity contribution in [3.63, 3.8) is 0 Å². The fourth-order valence-electron chi connectivity index (χ4n) is 2.14. The second-order valence-electron chi connectivity index (χ2n) is 4.88. The number of amides is 1. The van der Waals surface area contributed by atoms with Crippen LogP contribution in [0.25, 0.3) is 0 Å². The molecule has 0 bridgehead atoms. The van der Waals surface area contributed by atoms with Crippen molar-refractivity contribution in [1.29, 1.82) is 0 Å². The Labute approximate surface area is 132 Å². The van der Waals surface area contributed by atoms with Crippen LogP contribution in [-0.2, 0) is 7.05 Å². The van der Waals surface area contributed by atoms with Crippen LogP contribution in [0.4, 0.5) is 5.82 Å². The van der Waals surface area contributed by atoms with Crippen LogP contribution < -0.4 is 5.32 Å². The second kappa shape index (κ2) is 6.58. The number of hydrogen-bond donors (Lipinski definition) is 1. The van der Waals surface area contributed by atoms with Gasteiger partial charge in [0.15, 0.2) is 5.82 Å². The average Bonchev–Trinajstić information content (AvgIpc) is 2.93. The fraction of sp³-hybridized carbons (Fsp3) is 0.333. The second-order valence-corrected chi connectivity index (χ2v) is 7.60. The molecule has 1 N–H and O–H groups in total. The number of nitrogens with zero attached hydrogens (tertiary/aromatic N) is 2. The first-order chi connectivity index (χ1) is 10.2. The summed E-state index contributed by atoms with van der Waals surface area (Å²) in [5.41, 5.74) is 1.95. The minimum Gasteiger partial charge on any atom is -0.305 e. The van der Waals surface area contributed by atoms with Crippen molar-refractivity contribution in [1.82, 2.24) is 9.78 Å². The molecule has 0 atom stereocenters. The molecule has 2 aromatic rings. The molecule has 3 rings (SSSR count). The molecule has 1 aliphatic rings. The first-order valence-corrected chi connectivity index (χ1v) is 8.96. The van der Waals surface area contributed by atoms with Gasteiger partial charge in [-0.25, -0.2) is 0 Å². The Bertz CT molecular complexity index is 618. The summed E-state index contributed by atoms with van der Waals surface area (Å²) >= 11 is 3.97. The van der Waals surface area contributed by atoms with Crippen LogP contribution in [-0.4, -0.2) is 27.2 Å². The molecule has 6 heteroatoms. The van der Waals surface area contributed by atoms with Gasteiger partial charge in [0, 0.05) is 24.9 Å². The van der Waals surface area contributed by atoms with E-state index in [1.54, 1.807) is 16.9 Å². The number of thioether (sulfide) groups is 2. The van der Waals surface area contributed by atoms with Crippen LogP contribution in [0.3, 0.4) is 0 Å². The van der Waals surface area contributed by atoms with Crippen molar-refractivity contribution in [2.75, 3.05) is 16.8 Å². The predicted molar refractivity (Wildman–Crippen MR) is 89.9 cm³/mol. The Morgan fingerprint density at radius 1 is 1.24 bits per heavy atom. The SMILES string of the molecule is Cn1ccc(NC(=O)c2ccc(C3SCCCS3)cc2)n1. The van der Waals surface area contributed by atoms with E-state index < -0.39 is 0 Å². The zero-order valence-electron chi connectivity index (χ0n) is 11.8. The highest BCUT2D eigenvalue weighted by Gasteiger charge is 2.17. The molecule has 4 nitrogen and oxygen atoms in total. The highest BCUT2D eigenvalue weighted by atomic mass is 32.2. The monoisotopic (exact) mass is 319 g/mol. The van der Waals surface area contributed by atoms with E-state index in [0.717, 1.165) is 0 Å². The molecule has 0 aliphatic carbocycles. The lowest BCUT2D eigenvalue weighted by Gasteiger charge is -2.21. The third-order valence-corrected chi connectivity index (χ3v) is 6.24. The van der Waals surface area contributed by atoms with E-state index in [9.17, 15) is 4.79 Å². The number of nitrogens with one attached hydrogen (secondary N) is 1. The summed E-state index contributed by atoms with van der Waals surface area (Å²) < 4.78 is 2.17. The molecule has 0 radical (unpaired) electrons. The summed E-state index contributed by atoms with van der Waals surface area (Å²) in [6.07, 6.45) is 3.09. The molecule has 0 saturated carbocycles. The van der Waals surface area contributed by atoms with Crippen LogP contribution in [0.15, 0.2) is 36.5 Å². The topological polar surface area (TPSA) is 46.9 Å². The first-order valence-electron chi connectivity index (χ1n) is 6.86. The highest BCUT2D eigenvalue weighted by Crippen LogP contribution is 2.43. The number of aryl methyl sites for hydroxylation is 1. The molecule has 2 heterocycles. The van der Waals surface area contributed by atoms with Gasteiger partial charge in [-0.15, -0.1) is 23.5 Å². The highest BCUT2D eigenvalue weighted by molar-refractivity contribution is 8.16. The van der Waals surface area contributed by atoms with Crippen molar-refractivity contribution in [3.8, 4) is 0 Å². The Balaban J connectivity index is 1.67. The molecule has 1 fully saturated rings. The number of aromatic nitrogens is 2. The maximum Gasteiger partial charge on any atom is 0.256 e. The summed E-state index contributed by atoms with van der Waals surface area (Å²) in [5.74, 6) is 2.90. The predicted octanol–water partition coefficient (Wildman–Crippen LogP) is 3.54. The molecule has 1 aromatic carbocycles. The summed E-state index contributed by atoms with van der Waals surface area (Å²) in [4.78, 5) is 12.1. The number of rotatable bonds is 3. The van der Waals surface area contributed by atoms with Gasteiger partial charge in [-0.05, 0) is 35.6 Å². The van der Waals surface area contributed by atoms with Gasteiger partial charge in [0.1, 0.15) is 0 Å². The molecule has 1 aromatic heterocycles. The van der Waals surface area contributed by atoms with Crippen molar-refractivity contribution in [2.45, 2.75) is 11.0 Å². The van der Waals surface area contributed by atoms with E-state index >= 15 is 0 Å². The van der Waals surface area contributed by atoms with Gasteiger partial charge in [0.2, 0.25) is 0 Å². The van der Waals surface area contributed by atoms with Gasteiger partial charge in [-0.3, -0.25) is 9.48 Å². The largest absolute Gasteiger partial charge is 0.305 e. The molecule has 110 valence electrons. The summed E-state index contributed by atoms with van der Waals surface area (Å²) in [6, 6.07) is 9.68. The van der Waals surface area contributed by atoms with Gasteiger partial charge < -0.3 is 5.32 Å². The van der Waals surface area contributed by atoms with Crippen LogP contribution in [0.5, 0.6) is 0 Å². The Hall–Kier alpha value is -1.40. The summed E-state index contributed by atoms with van der Waals surface area (Å²) in [5, 5.41) is 6.94. The van der Waals surface area contributed by atoms with Crippen LogP contribution in [0, 0.1) is 0 Å². The Kier molecular flexibility index (Phi) is 4.55. The lowest BCUT2D eigenvalue weighted by Crippen LogP contribution is -2.12. The average molecular weight is 319 g/mol. The van der Waals surface area contributed by atoms with Gasteiger partial charge >= 0.3 is 0 Å². The van der Waals surface area contributed by atoms with Gasteiger partial charge in [0.25, 0.3) is 5.91 Å². The fourth-order valence-corrected chi connectivity index (χ4v) is 5.04. The third kappa shape index (κ3) is 3.63. The van der Waals surface area contributed by atoms with E-state index in [-0.39, 0.29) is 5.91 Å². The first kappa shape index (κ1) is 14.5. The van der Waals surface area contributed by atoms with Crippen molar-refractivity contribution < 1.29 is 4.79 Å². The van der Waals surface area contributed by atoms with E-state index in [2.05, 4.69) is 22.5 Å². The van der Waals surface area contributed by atoms with Gasteiger partial charge in [0.05, 0.1) is 4.58 Å². The van der Waals surface area contributed by atoms with Crippen molar-refractivity contribution in [2.24, 2.45) is 7.05 Å². The van der Waals surface area contributed by atoms with Crippen molar-refractivity contribution in [3.05, 3.63) is 47.7 Å². The molecule has 0 spiro atoms. The maximum atomic E-state index is 12.1. The molecule has 1 amide bonds. The summed E-state index contributed by atoms with van der Waals surface area (Å²) in [7, 11) is 1.82. The number of carbonyl (C=O) groups excluding carboxylic acids is 1. The number of anilines is 1. The molecule has 1 aliphatic heterocycles. The van der Waals surface area contributed by atoms with E-state index in [1.807, 2.05) is 42.7 Å². The number of benzene rings is 1. The van der Waals surface area contributed by atoms with Crippen LogP contribution in [0.2, 0.25) is 0 Å². The minimum atomic E-state index is -0.121. The van der Waals surface area contributed by atoms with E-state index in [0.29, 0.717) is 16.0 Å².